The summed E-state index contributed by atoms with van der Waals surface area (Å²) < 4.78 is 0. The van der Waals surface area contributed by atoms with E-state index in [2.05, 4.69) is 16.4 Å². The third-order valence-corrected chi connectivity index (χ3v) is 6.47. The molecule has 6 heteroatoms. The Kier molecular flexibility index (Phi) is 4.05. The number of carbonyl (C=O) groups is 1. The van der Waals surface area contributed by atoms with Gasteiger partial charge in [0.15, 0.2) is 5.13 Å². The average Bonchev–Trinajstić information content (AvgIpc) is 3.06. The van der Waals surface area contributed by atoms with Crippen LogP contribution in [-0.4, -0.2) is 54.6 Å². The monoisotopic (exact) mass is 320 g/mol. The molecule has 1 atom stereocenters. The van der Waals surface area contributed by atoms with E-state index in [1.165, 1.54) is 37.0 Å². The SMILES string of the molecule is O=C1CNC[C@@H]2CN(c3ncc(C4CCCCC4)s3)CCN12. The van der Waals surface area contributed by atoms with Crippen molar-refractivity contribution in [2.75, 3.05) is 37.6 Å². The van der Waals surface area contributed by atoms with Gasteiger partial charge in [-0.05, 0) is 18.8 Å². The van der Waals surface area contributed by atoms with Crippen LogP contribution in [0.5, 0.6) is 0 Å². The van der Waals surface area contributed by atoms with Gasteiger partial charge in [-0.3, -0.25) is 4.79 Å². The summed E-state index contributed by atoms with van der Waals surface area (Å²) in [4.78, 5) is 22.5. The maximum absolute atomic E-state index is 11.9. The van der Waals surface area contributed by atoms with Crippen LogP contribution in [0.25, 0.3) is 0 Å². The summed E-state index contributed by atoms with van der Waals surface area (Å²) in [5.41, 5.74) is 0. The van der Waals surface area contributed by atoms with E-state index < -0.39 is 0 Å². The van der Waals surface area contributed by atoms with Gasteiger partial charge in [-0.1, -0.05) is 19.3 Å². The number of hydrogen-bond donors (Lipinski definition) is 1. The van der Waals surface area contributed by atoms with Gasteiger partial charge in [-0.2, -0.15) is 0 Å². The van der Waals surface area contributed by atoms with Crippen LogP contribution in [0.2, 0.25) is 0 Å². The highest BCUT2D eigenvalue weighted by Crippen LogP contribution is 2.37. The number of anilines is 1. The number of nitrogens with zero attached hydrogens (tertiary/aromatic N) is 3. The van der Waals surface area contributed by atoms with Crippen molar-refractivity contribution in [2.24, 2.45) is 0 Å². The van der Waals surface area contributed by atoms with Crippen molar-refractivity contribution in [1.82, 2.24) is 15.2 Å². The predicted molar refractivity (Wildman–Crippen MR) is 88.5 cm³/mol. The van der Waals surface area contributed by atoms with Crippen molar-refractivity contribution in [1.29, 1.82) is 0 Å². The molecule has 0 radical (unpaired) electrons. The molecule has 1 aromatic rings. The molecule has 1 amide bonds. The summed E-state index contributed by atoms with van der Waals surface area (Å²) in [6.45, 7) is 4.07. The van der Waals surface area contributed by atoms with Gasteiger partial charge in [0.05, 0.1) is 12.6 Å². The quantitative estimate of drug-likeness (QED) is 0.903. The van der Waals surface area contributed by atoms with Crippen LogP contribution >= 0.6 is 11.3 Å². The van der Waals surface area contributed by atoms with Gasteiger partial charge in [0.1, 0.15) is 0 Å². The van der Waals surface area contributed by atoms with Gasteiger partial charge >= 0.3 is 0 Å². The van der Waals surface area contributed by atoms with Crippen LogP contribution in [0.4, 0.5) is 5.13 Å². The lowest BCUT2D eigenvalue weighted by Gasteiger charge is -2.44. The maximum Gasteiger partial charge on any atom is 0.236 e. The van der Waals surface area contributed by atoms with E-state index >= 15 is 0 Å². The fourth-order valence-electron chi connectivity index (χ4n) is 3.98. The number of rotatable bonds is 2. The molecule has 1 saturated carbocycles. The third-order valence-electron chi connectivity index (χ3n) is 5.25. The molecule has 1 aromatic heterocycles. The van der Waals surface area contributed by atoms with E-state index in [1.807, 2.05) is 16.2 Å². The molecular weight excluding hydrogens is 296 g/mol. The van der Waals surface area contributed by atoms with Gasteiger partial charge in [0.25, 0.3) is 0 Å². The highest BCUT2D eigenvalue weighted by Gasteiger charge is 2.34. The summed E-state index contributed by atoms with van der Waals surface area (Å²) in [6.07, 6.45) is 8.89. The largest absolute Gasteiger partial charge is 0.344 e. The molecule has 0 aromatic carbocycles. The van der Waals surface area contributed by atoms with Crippen molar-refractivity contribution in [3.8, 4) is 0 Å². The lowest BCUT2D eigenvalue weighted by Crippen LogP contribution is -2.63. The number of carbonyl (C=O) groups excluding carboxylic acids is 1. The Balaban J connectivity index is 1.44. The van der Waals surface area contributed by atoms with Gasteiger partial charge in [0.2, 0.25) is 5.91 Å². The third kappa shape index (κ3) is 2.74. The first-order valence-electron chi connectivity index (χ1n) is 8.52. The first kappa shape index (κ1) is 14.5. The second kappa shape index (κ2) is 6.16. The Morgan fingerprint density at radius 1 is 1.23 bits per heavy atom. The number of amides is 1. The predicted octanol–water partition coefficient (Wildman–Crippen LogP) is 1.81. The van der Waals surface area contributed by atoms with Crippen molar-refractivity contribution in [2.45, 2.75) is 44.1 Å². The molecule has 1 aliphatic carbocycles. The minimum atomic E-state index is 0.248. The molecular formula is C16H24N4OS. The van der Waals surface area contributed by atoms with Crippen molar-refractivity contribution < 1.29 is 4.79 Å². The molecule has 2 aliphatic heterocycles. The van der Waals surface area contributed by atoms with E-state index in [4.69, 9.17) is 4.98 Å². The van der Waals surface area contributed by atoms with Gasteiger partial charge in [0, 0.05) is 37.3 Å². The normalized spacial score (nSPS) is 27.1. The van der Waals surface area contributed by atoms with Crippen LogP contribution in [0.15, 0.2) is 6.20 Å². The minimum Gasteiger partial charge on any atom is -0.344 e. The molecule has 1 N–H and O–H groups in total. The lowest BCUT2D eigenvalue weighted by atomic mass is 9.89. The molecule has 5 nitrogen and oxygen atoms in total. The minimum absolute atomic E-state index is 0.248. The van der Waals surface area contributed by atoms with Crippen LogP contribution < -0.4 is 10.2 Å². The number of piperazine rings is 2. The molecule has 0 unspecified atom stereocenters. The Hall–Kier alpha value is -1.14. The molecule has 4 rings (SSSR count). The number of fused-ring (bicyclic) bond motifs is 1. The van der Waals surface area contributed by atoms with Crippen LogP contribution in [0.3, 0.4) is 0 Å². The van der Waals surface area contributed by atoms with E-state index in [1.54, 1.807) is 0 Å². The van der Waals surface area contributed by atoms with E-state index in [0.29, 0.717) is 12.6 Å². The highest BCUT2D eigenvalue weighted by molar-refractivity contribution is 7.15. The fourth-order valence-corrected chi connectivity index (χ4v) is 5.10. The summed E-state index contributed by atoms with van der Waals surface area (Å²) in [7, 11) is 0. The fraction of sp³-hybridized carbons (Fsp3) is 0.750. The van der Waals surface area contributed by atoms with E-state index in [9.17, 15) is 4.79 Å². The molecule has 3 heterocycles. The zero-order chi connectivity index (χ0) is 14.9. The van der Waals surface area contributed by atoms with Crippen LogP contribution in [0, 0.1) is 0 Å². The summed E-state index contributed by atoms with van der Waals surface area (Å²) in [6, 6.07) is 0.303. The van der Waals surface area contributed by atoms with Gasteiger partial charge in [-0.25, -0.2) is 4.98 Å². The molecule has 0 spiro atoms. The van der Waals surface area contributed by atoms with Crippen molar-refractivity contribution >= 4 is 22.4 Å². The zero-order valence-electron chi connectivity index (χ0n) is 13.0. The summed E-state index contributed by atoms with van der Waals surface area (Å²) >= 11 is 1.88. The molecule has 120 valence electrons. The Morgan fingerprint density at radius 2 is 2.09 bits per heavy atom. The number of hydrogen-bond acceptors (Lipinski definition) is 5. The van der Waals surface area contributed by atoms with Gasteiger partial charge < -0.3 is 15.1 Å². The molecule has 3 aliphatic rings. The topological polar surface area (TPSA) is 48.5 Å². The van der Waals surface area contributed by atoms with Crippen molar-refractivity contribution in [3.63, 3.8) is 0 Å². The smallest absolute Gasteiger partial charge is 0.236 e. The molecule has 2 saturated heterocycles. The second-order valence-corrected chi connectivity index (χ2v) is 7.74. The first-order chi connectivity index (χ1) is 10.8. The van der Waals surface area contributed by atoms with E-state index in [0.717, 1.165) is 37.2 Å². The lowest BCUT2D eigenvalue weighted by molar-refractivity contribution is -0.135. The summed E-state index contributed by atoms with van der Waals surface area (Å²) in [5.74, 6) is 0.983. The summed E-state index contributed by atoms with van der Waals surface area (Å²) in [5, 5.41) is 4.38. The van der Waals surface area contributed by atoms with Gasteiger partial charge in [-0.15, -0.1) is 11.3 Å². The number of thiazole rings is 1. The second-order valence-electron chi connectivity index (χ2n) is 6.70. The molecule has 3 fully saturated rings. The number of nitrogens with one attached hydrogen (secondary N) is 1. The van der Waals surface area contributed by atoms with E-state index in [-0.39, 0.29) is 5.91 Å². The number of aromatic nitrogens is 1. The van der Waals surface area contributed by atoms with Crippen LogP contribution in [0.1, 0.15) is 42.9 Å². The van der Waals surface area contributed by atoms with Crippen LogP contribution in [-0.2, 0) is 4.79 Å². The molecule has 22 heavy (non-hydrogen) atoms. The van der Waals surface area contributed by atoms with Crippen molar-refractivity contribution in [3.05, 3.63) is 11.1 Å². The Bertz CT molecular complexity index is 540. The average molecular weight is 320 g/mol. The Labute approximate surface area is 135 Å². The molecule has 0 bridgehead atoms. The maximum atomic E-state index is 11.9. The first-order valence-corrected chi connectivity index (χ1v) is 9.34. The highest BCUT2D eigenvalue weighted by atomic mass is 32.1. The standard InChI is InChI=1S/C16H24N4OS/c21-15-10-17-8-13-11-19(6-7-20(13)15)16-18-9-14(22-16)12-4-2-1-3-5-12/h9,12-13,17H,1-8,10-11H2/t13-/m1/s1. The zero-order valence-corrected chi connectivity index (χ0v) is 13.8. The Morgan fingerprint density at radius 3 is 2.95 bits per heavy atom.